The number of carbonyl (C=O) groups is 2. The number of nitrogens with zero attached hydrogens (tertiary/aromatic N) is 2. The van der Waals surface area contributed by atoms with Gasteiger partial charge in [-0.3, -0.25) is 9.59 Å². The molecule has 3 aromatic rings. The lowest BCUT2D eigenvalue weighted by Crippen LogP contribution is -2.49. The molecule has 0 bridgehead atoms. The Morgan fingerprint density at radius 1 is 1.15 bits per heavy atom. The number of thiophene rings is 1. The molecule has 0 saturated carbocycles. The Morgan fingerprint density at radius 3 is 2.67 bits per heavy atom. The van der Waals surface area contributed by atoms with E-state index in [4.69, 9.17) is 4.74 Å². The molecule has 1 aliphatic rings. The van der Waals surface area contributed by atoms with Crippen LogP contribution in [-0.4, -0.2) is 47.4 Å². The predicted octanol–water partition coefficient (Wildman–Crippen LogP) is 5.57. The van der Waals surface area contributed by atoms with Crippen molar-refractivity contribution in [1.29, 1.82) is 0 Å². The first-order valence-electron chi connectivity index (χ1n) is 11.0. The molecule has 4 rings (SSSR count). The minimum atomic E-state index is -0.178. The van der Waals surface area contributed by atoms with Crippen LogP contribution in [0.4, 0.5) is 0 Å². The number of hydrogen-bond donors (Lipinski definition) is 0. The van der Waals surface area contributed by atoms with Crippen LogP contribution >= 0.6 is 27.3 Å². The molecule has 2 aromatic carbocycles. The molecule has 0 spiro atoms. The smallest absolute Gasteiger partial charge is 0.254 e. The maximum atomic E-state index is 13.5. The second-order valence-electron chi connectivity index (χ2n) is 8.31. The van der Waals surface area contributed by atoms with Crippen molar-refractivity contribution in [3.05, 3.63) is 86.5 Å². The van der Waals surface area contributed by atoms with Crippen LogP contribution in [0.15, 0.2) is 70.5 Å². The molecular weight excluding hydrogens is 500 g/mol. The van der Waals surface area contributed by atoms with Gasteiger partial charge in [0.2, 0.25) is 5.91 Å². The summed E-state index contributed by atoms with van der Waals surface area (Å²) >= 11 is 5.15. The fourth-order valence-corrected chi connectivity index (χ4v) is 5.41. The molecule has 0 aliphatic carbocycles. The third kappa shape index (κ3) is 5.47. The van der Waals surface area contributed by atoms with Crippen LogP contribution < -0.4 is 4.74 Å². The highest BCUT2D eigenvalue weighted by molar-refractivity contribution is 9.10. The van der Waals surface area contributed by atoms with Gasteiger partial charge in [-0.2, -0.15) is 0 Å². The van der Waals surface area contributed by atoms with Crippen molar-refractivity contribution in [3.8, 4) is 5.75 Å². The van der Waals surface area contributed by atoms with Gasteiger partial charge in [-0.05, 0) is 67.6 Å². The van der Waals surface area contributed by atoms with E-state index in [1.807, 2.05) is 61.2 Å². The van der Waals surface area contributed by atoms with E-state index in [0.717, 1.165) is 22.2 Å². The van der Waals surface area contributed by atoms with E-state index in [-0.39, 0.29) is 30.4 Å². The lowest BCUT2D eigenvalue weighted by atomic mass is 10.00. The van der Waals surface area contributed by atoms with Gasteiger partial charge in [0.05, 0.1) is 6.04 Å². The summed E-state index contributed by atoms with van der Waals surface area (Å²) in [7, 11) is 0. The molecule has 172 valence electrons. The van der Waals surface area contributed by atoms with E-state index in [1.54, 1.807) is 28.4 Å². The zero-order valence-electron chi connectivity index (χ0n) is 18.7. The van der Waals surface area contributed by atoms with Crippen molar-refractivity contribution in [2.24, 2.45) is 0 Å². The number of para-hydroxylation sites is 1. The maximum absolute atomic E-state index is 13.5. The summed E-state index contributed by atoms with van der Waals surface area (Å²) < 4.78 is 6.90. The summed E-state index contributed by atoms with van der Waals surface area (Å²) in [5.74, 6) is 0.566. The third-order valence-corrected chi connectivity index (χ3v) is 7.32. The molecule has 7 heteroatoms. The highest BCUT2D eigenvalue weighted by atomic mass is 79.9. The predicted molar refractivity (Wildman–Crippen MR) is 135 cm³/mol. The van der Waals surface area contributed by atoms with Crippen LogP contribution in [0.1, 0.15) is 40.7 Å². The third-order valence-electron chi connectivity index (χ3n) is 5.83. The molecule has 5 nitrogen and oxygen atoms in total. The number of ether oxygens (including phenoxy) is 1. The summed E-state index contributed by atoms with van der Waals surface area (Å²) in [6.07, 6.45) is 0.821. The minimum Gasteiger partial charge on any atom is -0.491 e. The summed E-state index contributed by atoms with van der Waals surface area (Å²) in [5, 5.41) is 2.07. The molecule has 0 radical (unpaired) electrons. The van der Waals surface area contributed by atoms with E-state index < -0.39 is 0 Å². The number of amides is 2. The fraction of sp³-hybridized carbons (Fsp3) is 0.308. The second-order valence-corrected chi connectivity index (χ2v) is 10.2. The molecule has 0 N–H and O–H groups in total. The molecule has 0 saturated heterocycles. The van der Waals surface area contributed by atoms with E-state index in [2.05, 4.69) is 27.4 Å². The van der Waals surface area contributed by atoms with Gasteiger partial charge >= 0.3 is 0 Å². The van der Waals surface area contributed by atoms with Crippen LogP contribution in [0.3, 0.4) is 0 Å². The normalized spacial score (nSPS) is 15.3. The number of rotatable bonds is 7. The van der Waals surface area contributed by atoms with Gasteiger partial charge in [-0.25, -0.2) is 0 Å². The minimum absolute atomic E-state index is 0.0321. The molecule has 33 heavy (non-hydrogen) atoms. The number of fused-ring (bicyclic) bond motifs is 1. The number of halogens is 1. The molecule has 1 aromatic heterocycles. The van der Waals surface area contributed by atoms with Crippen molar-refractivity contribution in [3.63, 3.8) is 0 Å². The van der Waals surface area contributed by atoms with Gasteiger partial charge in [0.15, 0.2) is 0 Å². The molecular formula is C26H27BrN2O3S. The molecule has 1 atom stereocenters. The van der Waals surface area contributed by atoms with E-state index in [0.29, 0.717) is 18.7 Å². The van der Waals surface area contributed by atoms with Crippen LogP contribution in [-0.2, 0) is 11.2 Å². The van der Waals surface area contributed by atoms with Crippen LogP contribution in [0.5, 0.6) is 5.75 Å². The van der Waals surface area contributed by atoms with Gasteiger partial charge in [-0.1, -0.05) is 40.2 Å². The Balaban J connectivity index is 1.53. The number of benzene rings is 2. The zero-order valence-corrected chi connectivity index (χ0v) is 21.1. The molecule has 1 aliphatic heterocycles. The summed E-state index contributed by atoms with van der Waals surface area (Å²) in [6, 6.07) is 18.7. The summed E-state index contributed by atoms with van der Waals surface area (Å²) in [6.45, 7) is 4.90. The van der Waals surface area contributed by atoms with Gasteiger partial charge in [0, 0.05) is 27.5 Å². The van der Waals surface area contributed by atoms with Gasteiger partial charge < -0.3 is 14.5 Å². The Morgan fingerprint density at radius 2 is 1.94 bits per heavy atom. The van der Waals surface area contributed by atoms with Crippen LogP contribution in [0, 0.1) is 0 Å². The molecule has 2 heterocycles. The lowest BCUT2D eigenvalue weighted by Gasteiger charge is -2.37. The molecule has 1 unspecified atom stereocenters. The Hall–Kier alpha value is -2.64. The Labute approximate surface area is 207 Å². The van der Waals surface area contributed by atoms with Crippen LogP contribution in [0.2, 0.25) is 0 Å². The number of hydrogen-bond acceptors (Lipinski definition) is 4. The molecule has 0 fully saturated rings. The summed E-state index contributed by atoms with van der Waals surface area (Å²) in [5.41, 5.74) is 1.71. The highest BCUT2D eigenvalue weighted by Gasteiger charge is 2.34. The van der Waals surface area contributed by atoms with Gasteiger partial charge in [0.1, 0.15) is 18.9 Å². The lowest BCUT2D eigenvalue weighted by molar-refractivity contribution is -0.136. The zero-order chi connectivity index (χ0) is 23.4. The largest absolute Gasteiger partial charge is 0.491 e. The standard InChI is InChI=1S/C26H27BrN2O3S/c1-18(2)29(26(31)19-7-6-8-20(27)15-19)16-25(30)28-13-11-24-22(12-14-33-24)23(28)17-32-21-9-4-3-5-10-21/h3-10,12,14-15,18,23H,11,13,16-17H2,1-2H3. The Bertz CT molecular complexity index is 1120. The van der Waals surface area contributed by atoms with E-state index in [1.165, 1.54) is 4.88 Å². The van der Waals surface area contributed by atoms with Gasteiger partial charge in [0.25, 0.3) is 5.91 Å². The van der Waals surface area contributed by atoms with Crippen LogP contribution in [0.25, 0.3) is 0 Å². The van der Waals surface area contributed by atoms with Crippen molar-refractivity contribution in [1.82, 2.24) is 9.80 Å². The topological polar surface area (TPSA) is 49.9 Å². The average Bonchev–Trinajstić information content (AvgIpc) is 3.30. The summed E-state index contributed by atoms with van der Waals surface area (Å²) in [4.78, 5) is 31.6. The highest BCUT2D eigenvalue weighted by Crippen LogP contribution is 2.34. The van der Waals surface area contributed by atoms with Gasteiger partial charge in [-0.15, -0.1) is 11.3 Å². The van der Waals surface area contributed by atoms with E-state index >= 15 is 0 Å². The number of carbonyl (C=O) groups excluding carboxylic acids is 2. The van der Waals surface area contributed by atoms with Crippen molar-refractivity contribution >= 4 is 39.1 Å². The monoisotopic (exact) mass is 526 g/mol. The quantitative estimate of drug-likeness (QED) is 0.404. The first kappa shape index (κ1) is 23.5. The first-order chi connectivity index (χ1) is 15.9. The maximum Gasteiger partial charge on any atom is 0.254 e. The SMILES string of the molecule is CC(C)N(CC(=O)N1CCc2sccc2C1COc1ccccc1)C(=O)c1cccc(Br)c1. The average molecular weight is 527 g/mol. The van der Waals surface area contributed by atoms with E-state index in [9.17, 15) is 9.59 Å². The molecule has 2 amide bonds. The second kappa shape index (κ2) is 10.5. The Kier molecular flexibility index (Phi) is 7.50. The van der Waals surface area contributed by atoms with Crippen molar-refractivity contribution in [2.75, 3.05) is 19.7 Å². The first-order valence-corrected chi connectivity index (χ1v) is 12.7. The fourth-order valence-electron chi connectivity index (χ4n) is 4.08. The van der Waals surface area contributed by atoms with Crippen molar-refractivity contribution < 1.29 is 14.3 Å². The van der Waals surface area contributed by atoms with Crippen molar-refractivity contribution in [2.45, 2.75) is 32.4 Å².